The molecule has 5 rings (SSSR count). The first kappa shape index (κ1) is 16.2. The number of pyridine rings is 1. The van der Waals surface area contributed by atoms with Crippen molar-refractivity contribution in [1.29, 1.82) is 0 Å². The number of hydrogen-bond acceptors (Lipinski definition) is 4. The Morgan fingerprint density at radius 3 is 2.48 bits per heavy atom. The summed E-state index contributed by atoms with van der Waals surface area (Å²) in [7, 11) is 0. The Morgan fingerprint density at radius 1 is 0.963 bits per heavy atom. The van der Waals surface area contributed by atoms with Crippen molar-refractivity contribution in [3.63, 3.8) is 0 Å². The predicted octanol–water partition coefficient (Wildman–Crippen LogP) is 5.92. The van der Waals surface area contributed by atoms with E-state index in [0.717, 1.165) is 34.3 Å². The third-order valence-corrected chi connectivity index (χ3v) is 5.68. The van der Waals surface area contributed by atoms with E-state index in [1.807, 2.05) is 13.0 Å². The molecule has 4 nitrogen and oxygen atoms in total. The molecule has 2 aromatic heterocycles. The van der Waals surface area contributed by atoms with Crippen molar-refractivity contribution < 1.29 is 4.42 Å². The molecule has 4 heteroatoms. The summed E-state index contributed by atoms with van der Waals surface area (Å²) >= 11 is 0. The SMILES string of the molecule is CCN1c2ccccc2N(c2c(C)ccc3c2oc2nc(C)ccc23)[C@H]1C. The van der Waals surface area contributed by atoms with Crippen LogP contribution in [0.15, 0.2) is 52.9 Å². The third kappa shape index (κ3) is 2.19. The summed E-state index contributed by atoms with van der Waals surface area (Å²) in [6, 6.07) is 17.1. The van der Waals surface area contributed by atoms with Gasteiger partial charge in [-0.15, -0.1) is 0 Å². The number of fused-ring (bicyclic) bond motifs is 4. The Kier molecular flexibility index (Phi) is 3.44. The average Bonchev–Trinajstić information content (AvgIpc) is 3.16. The maximum atomic E-state index is 6.32. The monoisotopic (exact) mass is 357 g/mol. The summed E-state index contributed by atoms with van der Waals surface area (Å²) in [6.07, 6.45) is 0.222. The molecule has 0 saturated carbocycles. The molecule has 136 valence electrons. The minimum absolute atomic E-state index is 0.222. The van der Waals surface area contributed by atoms with Gasteiger partial charge in [0.1, 0.15) is 6.17 Å². The average molecular weight is 357 g/mol. The van der Waals surface area contributed by atoms with Crippen molar-refractivity contribution in [3.05, 3.63) is 59.8 Å². The second kappa shape index (κ2) is 5.74. The van der Waals surface area contributed by atoms with Crippen LogP contribution in [-0.2, 0) is 0 Å². The maximum Gasteiger partial charge on any atom is 0.227 e. The van der Waals surface area contributed by atoms with Crippen LogP contribution in [-0.4, -0.2) is 17.7 Å². The minimum atomic E-state index is 0.222. The van der Waals surface area contributed by atoms with E-state index in [9.17, 15) is 0 Å². The summed E-state index contributed by atoms with van der Waals surface area (Å²) in [5.41, 5.74) is 7.45. The molecule has 0 fully saturated rings. The minimum Gasteiger partial charge on any atom is -0.435 e. The Labute approximate surface area is 159 Å². The van der Waals surface area contributed by atoms with Gasteiger partial charge in [-0.05, 0) is 57.5 Å². The number of nitrogens with zero attached hydrogens (tertiary/aromatic N) is 3. The van der Waals surface area contributed by atoms with Crippen molar-refractivity contribution >= 4 is 39.1 Å². The van der Waals surface area contributed by atoms with Gasteiger partial charge in [-0.2, -0.15) is 0 Å². The van der Waals surface area contributed by atoms with Crippen LogP contribution in [0.25, 0.3) is 22.1 Å². The van der Waals surface area contributed by atoms with Crippen LogP contribution in [0.5, 0.6) is 0 Å². The van der Waals surface area contributed by atoms with Crippen LogP contribution in [0.4, 0.5) is 17.1 Å². The molecule has 1 atom stereocenters. The standard InChI is InChI=1S/C23H23N3O/c1-5-25-16(4)26(20-9-7-6-8-19(20)25)21-14(2)10-12-17-18-13-11-15(3)24-23(18)27-22(17)21/h6-13,16H,5H2,1-4H3/t16-/m0/s1. The summed E-state index contributed by atoms with van der Waals surface area (Å²) in [6.45, 7) is 9.58. The van der Waals surface area contributed by atoms with E-state index >= 15 is 0 Å². The second-order valence-corrected chi connectivity index (χ2v) is 7.29. The molecule has 0 N–H and O–H groups in total. The van der Waals surface area contributed by atoms with Gasteiger partial charge in [-0.25, -0.2) is 4.98 Å². The van der Waals surface area contributed by atoms with E-state index in [1.54, 1.807) is 0 Å². The fraction of sp³-hybridized carbons (Fsp3) is 0.261. The fourth-order valence-electron chi connectivity index (χ4n) is 4.39. The number of para-hydroxylation sites is 2. The van der Waals surface area contributed by atoms with E-state index in [4.69, 9.17) is 4.42 Å². The quantitative estimate of drug-likeness (QED) is 0.446. The van der Waals surface area contributed by atoms with Gasteiger partial charge >= 0.3 is 0 Å². The molecule has 1 aliphatic rings. The van der Waals surface area contributed by atoms with Crippen LogP contribution >= 0.6 is 0 Å². The van der Waals surface area contributed by atoms with Crippen LogP contribution in [0, 0.1) is 13.8 Å². The lowest BCUT2D eigenvalue weighted by molar-refractivity contribution is 0.643. The van der Waals surface area contributed by atoms with Crippen LogP contribution in [0.3, 0.4) is 0 Å². The van der Waals surface area contributed by atoms with Gasteiger partial charge in [-0.1, -0.05) is 24.3 Å². The van der Waals surface area contributed by atoms with Crippen molar-refractivity contribution in [2.24, 2.45) is 0 Å². The first-order chi connectivity index (χ1) is 13.1. The first-order valence-corrected chi connectivity index (χ1v) is 9.54. The van der Waals surface area contributed by atoms with E-state index < -0.39 is 0 Å². The van der Waals surface area contributed by atoms with Gasteiger partial charge in [0.05, 0.1) is 17.1 Å². The number of anilines is 3. The zero-order valence-corrected chi connectivity index (χ0v) is 16.2. The zero-order chi connectivity index (χ0) is 18.7. The smallest absolute Gasteiger partial charge is 0.227 e. The van der Waals surface area contributed by atoms with Crippen LogP contribution in [0.1, 0.15) is 25.1 Å². The normalized spacial score (nSPS) is 16.5. The number of furan rings is 1. The molecule has 3 heterocycles. The molecule has 2 aromatic carbocycles. The highest BCUT2D eigenvalue weighted by Gasteiger charge is 2.35. The lowest BCUT2D eigenvalue weighted by Crippen LogP contribution is -2.38. The van der Waals surface area contributed by atoms with Crippen molar-refractivity contribution in [2.45, 2.75) is 33.9 Å². The molecule has 0 saturated heterocycles. The molecule has 0 bridgehead atoms. The van der Waals surface area contributed by atoms with Gasteiger partial charge in [0.15, 0.2) is 5.58 Å². The molecule has 0 spiro atoms. The predicted molar refractivity (Wildman–Crippen MR) is 112 cm³/mol. The number of aryl methyl sites for hydroxylation is 2. The molecule has 4 aromatic rings. The highest BCUT2D eigenvalue weighted by molar-refractivity contribution is 6.10. The number of benzene rings is 2. The second-order valence-electron chi connectivity index (χ2n) is 7.29. The number of rotatable bonds is 2. The van der Waals surface area contributed by atoms with Gasteiger partial charge < -0.3 is 14.2 Å². The van der Waals surface area contributed by atoms with E-state index in [0.29, 0.717) is 5.71 Å². The first-order valence-electron chi connectivity index (χ1n) is 9.54. The van der Waals surface area contributed by atoms with Gasteiger partial charge in [0.2, 0.25) is 5.71 Å². The van der Waals surface area contributed by atoms with Crippen molar-refractivity contribution in [3.8, 4) is 0 Å². The number of hydrogen-bond donors (Lipinski definition) is 0. The van der Waals surface area contributed by atoms with Crippen molar-refractivity contribution in [1.82, 2.24) is 4.98 Å². The largest absolute Gasteiger partial charge is 0.435 e. The summed E-state index contributed by atoms with van der Waals surface area (Å²) in [5.74, 6) is 0. The molecule has 0 radical (unpaired) electrons. The van der Waals surface area contributed by atoms with E-state index in [1.165, 1.54) is 16.9 Å². The molecular weight excluding hydrogens is 334 g/mol. The van der Waals surface area contributed by atoms with Gasteiger partial charge in [0.25, 0.3) is 0 Å². The van der Waals surface area contributed by atoms with E-state index in [-0.39, 0.29) is 6.17 Å². The Balaban J connectivity index is 1.82. The zero-order valence-electron chi connectivity index (χ0n) is 16.2. The summed E-state index contributed by atoms with van der Waals surface area (Å²) in [4.78, 5) is 9.45. The topological polar surface area (TPSA) is 32.5 Å². The molecule has 27 heavy (non-hydrogen) atoms. The molecule has 1 aliphatic heterocycles. The van der Waals surface area contributed by atoms with Crippen LogP contribution < -0.4 is 9.80 Å². The van der Waals surface area contributed by atoms with Crippen molar-refractivity contribution in [2.75, 3.05) is 16.3 Å². The Bertz CT molecular complexity index is 1180. The maximum absolute atomic E-state index is 6.32. The summed E-state index contributed by atoms with van der Waals surface area (Å²) in [5, 5.41) is 2.20. The lowest BCUT2D eigenvalue weighted by Gasteiger charge is -2.30. The van der Waals surface area contributed by atoms with Gasteiger partial charge in [0, 0.05) is 23.0 Å². The fourth-order valence-corrected chi connectivity index (χ4v) is 4.39. The van der Waals surface area contributed by atoms with Crippen LogP contribution in [0.2, 0.25) is 0 Å². The third-order valence-electron chi connectivity index (χ3n) is 5.68. The Hall–Kier alpha value is -3.01. The summed E-state index contributed by atoms with van der Waals surface area (Å²) < 4.78 is 6.32. The molecule has 0 unspecified atom stereocenters. The molecule has 0 amide bonds. The van der Waals surface area contributed by atoms with Gasteiger partial charge in [-0.3, -0.25) is 0 Å². The highest BCUT2D eigenvalue weighted by Crippen LogP contribution is 2.48. The Morgan fingerprint density at radius 2 is 1.70 bits per heavy atom. The highest BCUT2D eigenvalue weighted by atomic mass is 16.3. The number of aromatic nitrogens is 1. The van der Waals surface area contributed by atoms with E-state index in [2.05, 4.69) is 78.0 Å². The lowest BCUT2D eigenvalue weighted by atomic mass is 10.1. The molecule has 0 aliphatic carbocycles. The molecular formula is C23H23N3O.